The fourth-order valence-electron chi connectivity index (χ4n) is 2.34. The average Bonchev–Trinajstić information content (AvgIpc) is 3.24. The van der Waals surface area contributed by atoms with Crippen molar-refractivity contribution in [2.24, 2.45) is 5.92 Å². The number of rotatable bonds is 5. The minimum Gasteiger partial charge on any atom is -0.491 e. The molecular formula is C16H15ClN4O2S2. The van der Waals surface area contributed by atoms with Crippen LogP contribution < -0.4 is 4.90 Å². The van der Waals surface area contributed by atoms with E-state index in [2.05, 4.69) is 13.7 Å². The summed E-state index contributed by atoms with van der Waals surface area (Å²) in [4.78, 5) is 18.7. The van der Waals surface area contributed by atoms with Crippen molar-refractivity contribution >= 4 is 45.7 Å². The van der Waals surface area contributed by atoms with E-state index in [0.29, 0.717) is 22.3 Å². The Morgan fingerprint density at radius 1 is 1.36 bits per heavy atom. The molecule has 3 aromatic rings. The molecule has 0 aliphatic carbocycles. The predicted molar refractivity (Wildman–Crippen MR) is 100 cm³/mol. The van der Waals surface area contributed by atoms with Gasteiger partial charge in [-0.15, -0.1) is 15.7 Å². The average molecular weight is 395 g/mol. The normalized spacial score (nSPS) is 12.1. The van der Waals surface area contributed by atoms with E-state index in [4.69, 9.17) is 11.6 Å². The SMILES string of the molecule is C[C@H](Cc1nsnc1O)C(=O)N(C)c1nc(-c2ccccc2Cl)cs1. The number of halogens is 1. The van der Waals surface area contributed by atoms with Crippen LogP contribution in [0, 0.1) is 5.92 Å². The summed E-state index contributed by atoms with van der Waals surface area (Å²) in [7, 11) is 1.69. The fraction of sp³-hybridized carbons (Fsp3) is 0.250. The molecule has 0 radical (unpaired) electrons. The van der Waals surface area contributed by atoms with Gasteiger partial charge in [-0.25, -0.2) is 4.98 Å². The number of aromatic hydroxyl groups is 1. The summed E-state index contributed by atoms with van der Waals surface area (Å²) in [5.41, 5.74) is 2.01. The standard InChI is InChI=1S/C16H15ClN4O2S2/c1-9(7-12-14(22)20-25-19-12)15(23)21(2)16-18-13(8-24-16)10-5-3-4-6-11(10)17/h3-6,8-9H,7H2,1-2H3,(H,20,22)/t9-/m1/s1. The third-order valence-electron chi connectivity index (χ3n) is 3.72. The highest BCUT2D eigenvalue weighted by Gasteiger charge is 2.24. The molecule has 0 bridgehead atoms. The molecule has 1 atom stereocenters. The van der Waals surface area contributed by atoms with Crippen molar-refractivity contribution in [1.82, 2.24) is 13.7 Å². The van der Waals surface area contributed by atoms with Crippen molar-refractivity contribution in [2.75, 3.05) is 11.9 Å². The zero-order chi connectivity index (χ0) is 18.0. The summed E-state index contributed by atoms with van der Waals surface area (Å²) < 4.78 is 7.72. The van der Waals surface area contributed by atoms with Crippen molar-refractivity contribution in [3.63, 3.8) is 0 Å². The van der Waals surface area contributed by atoms with Gasteiger partial charge in [0.25, 0.3) is 0 Å². The minimum absolute atomic E-state index is 0.104. The summed E-state index contributed by atoms with van der Waals surface area (Å²) >= 11 is 8.51. The molecule has 0 aliphatic rings. The lowest BCUT2D eigenvalue weighted by atomic mass is 10.0. The number of amides is 1. The molecule has 0 spiro atoms. The minimum atomic E-state index is -0.354. The molecule has 3 rings (SSSR count). The third-order valence-corrected chi connectivity index (χ3v) is 5.52. The molecule has 1 aromatic carbocycles. The van der Waals surface area contributed by atoms with E-state index in [1.165, 1.54) is 16.2 Å². The summed E-state index contributed by atoms with van der Waals surface area (Å²) in [6.45, 7) is 1.79. The van der Waals surface area contributed by atoms with E-state index in [1.54, 1.807) is 20.0 Å². The lowest BCUT2D eigenvalue weighted by Crippen LogP contribution is -2.32. The first-order valence-electron chi connectivity index (χ1n) is 7.45. The lowest BCUT2D eigenvalue weighted by Gasteiger charge is -2.18. The highest BCUT2D eigenvalue weighted by Crippen LogP contribution is 2.32. The molecule has 130 valence electrons. The van der Waals surface area contributed by atoms with Crippen molar-refractivity contribution in [1.29, 1.82) is 0 Å². The number of carbonyl (C=O) groups excluding carboxylic acids is 1. The molecule has 0 saturated heterocycles. The van der Waals surface area contributed by atoms with Crippen LogP contribution in [-0.4, -0.2) is 31.8 Å². The van der Waals surface area contributed by atoms with Gasteiger partial charge in [-0.3, -0.25) is 9.69 Å². The largest absolute Gasteiger partial charge is 0.491 e. The van der Waals surface area contributed by atoms with Gasteiger partial charge >= 0.3 is 0 Å². The summed E-state index contributed by atoms with van der Waals surface area (Å²) in [5, 5.41) is 12.7. The van der Waals surface area contributed by atoms with Gasteiger partial charge in [0.1, 0.15) is 5.69 Å². The molecule has 9 heteroatoms. The first kappa shape index (κ1) is 17.8. The quantitative estimate of drug-likeness (QED) is 0.710. The van der Waals surface area contributed by atoms with Crippen LogP contribution in [0.2, 0.25) is 5.02 Å². The van der Waals surface area contributed by atoms with E-state index in [9.17, 15) is 9.90 Å². The van der Waals surface area contributed by atoms with Crippen LogP contribution in [0.1, 0.15) is 12.6 Å². The van der Waals surface area contributed by atoms with E-state index >= 15 is 0 Å². The Hall–Kier alpha value is -2.03. The van der Waals surface area contributed by atoms with Gasteiger partial charge in [0, 0.05) is 35.4 Å². The van der Waals surface area contributed by atoms with Crippen LogP contribution in [0.5, 0.6) is 5.88 Å². The van der Waals surface area contributed by atoms with Crippen LogP contribution in [0.4, 0.5) is 5.13 Å². The molecule has 0 aliphatic heterocycles. The van der Waals surface area contributed by atoms with Gasteiger partial charge < -0.3 is 5.11 Å². The van der Waals surface area contributed by atoms with E-state index in [0.717, 1.165) is 23.0 Å². The van der Waals surface area contributed by atoms with Crippen molar-refractivity contribution in [3.05, 3.63) is 40.4 Å². The van der Waals surface area contributed by atoms with Crippen LogP contribution in [0.3, 0.4) is 0 Å². The molecule has 1 amide bonds. The zero-order valence-corrected chi connectivity index (χ0v) is 15.9. The van der Waals surface area contributed by atoms with Crippen molar-refractivity contribution in [3.8, 4) is 17.1 Å². The smallest absolute Gasteiger partial charge is 0.246 e. The Bertz CT molecular complexity index is 896. The van der Waals surface area contributed by atoms with Gasteiger partial charge in [0.05, 0.1) is 17.4 Å². The van der Waals surface area contributed by atoms with Crippen LogP contribution >= 0.6 is 34.7 Å². The lowest BCUT2D eigenvalue weighted by molar-refractivity contribution is -0.121. The monoisotopic (exact) mass is 394 g/mol. The maximum atomic E-state index is 12.6. The molecule has 0 unspecified atom stereocenters. The topological polar surface area (TPSA) is 79.2 Å². The third kappa shape index (κ3) is 3.81. The van der Waals surface area contributed by atoms with E-state index in [1.807, 2.05) is 23.6 Å². The highest BCUT2D eigenvalue weighted by molar-refractivity contribution is 7.14. The second-order valence-electron chi connectivity index (χ2n) is 5.53. The second-order valence-corrected chi connectivity index (χ2v) is 7.30. The van der Waals surface area contributed by atoms with Crippen molar-refractivity contribution < 1.29 is 9.90 Å². The Morgan fingerprint density at radius 2 is 2.12 bits per heavy atom. The Balaban J connectivity index is 1.74. The van der Waals surface area contributed by atoms with Crippen LogP contribution in [-0.2, 0) is 11.2 Å². The first-order valence-corrected chi connectivity index (χ1v) is 9.44. The molecule has 1 N–H and O–H groups in total. The maximum absolute atomic E-state index is 12.6. The van der Waals surface area contributed by atoms with Gasteiger partial charge in [0.2, 0.25) is 11.8 Å². The van der Waals surface area contributed by atoms with E-state index in [-0.39, 0.29) is 17.7 Å². The van der Waals surface area contributed by atoms with Crippen LogP contribution in [0.15, 0.2) is 29.6 Å². The fourth-order valence-corrected chi connectivity index (χ4v) is 3.85. The summed E-state index contributed by atoms with van der Waals surface area (Å²) in [6.07, 6.45) is 0.328. The highest BCUT2D eigenvalue weighted by atomic mass is 35.5. The second kappa shape index (κ2) is 7.47. The molecular weight excluding hydrogens is 380 g/mol. The Kier molecular flexibility index (Phi) is 5.31. The number of benzene rings is 1. The Labute approximate surface area is 158 Å². The summed E-state index contributed by atoms with van der Waals surface area (Å²) in [6, 6.07) is 7.45. The molecule has 0 saturated carbocycles. The van der Waals surface area contributed by atoms with E-state index < -0.39 is 0 Å². The molecule has 2 aromatic heterocycles. The number of aromatic nitrogens is 3. The number of anilines is 1. The molecule has 6 nitrogen and oxygen atoms in total. The zero-order valence-electron chi connectivity index (χ0n) is 13.5. The molecule has 0 fully saturated rings. The Morgan fingerprint density at radius 3 is 2.80 bits per heavy atom. The number of carbonyl (C=O) groups is 1. The van der Waals surface area contributed by atoms with Gasteiger partial charge in [0.15, 0.2) is 5.13 Å². The first-order chi connectivity index (χ1) is 12.0. The predicted octanol–water partition coefficient (Wildman–Crippen LogP) is 3.86. The van der Waals surface area contributed by atoms with Crippen molar-refractivity contribution in [2.45, 2.75) is 13.3 Å². The molecule has 25 heavy (non-hydrogen) atoms. The number of thiazole rings is 1. The number of hydrogen-bond donors (Lipinski definition) is 1. The number of hydrogen-bond acceptors (Lipinski definition) is 7. The number of nitrogens with zero attached hydrogens (tertiary/aromatic N) is 4. The van der Waals surface area contributed by atoms with Gasteiger partial charge in [-0.2, -0.15) is 4.37 Å². The molecule has 2 heterocycles. The van der Waals surface area contributed by atoms with Gasteiger partial charge in [-0.1, -0.05) is 36.7 Å². The van der Waals surface area contributed by atoms with Gasteiger partial charge in [-0.05, 0) is 6.07 Å². The summed E-state index contributed by atoms with van der Waals surface area (Å²) in [5.74, 6) is -0.567. The van der Waals surface area contributed by atoms with Crippen LogP contribution in [0.25, 0.3) is 11.3 Å². The maximum Gasteiger partial charge on any atom is 0.246 e.